The van der Waals surface area contributed by atoms with Gasteiger partial charge in [0.15, 0.2) is 17.2 Å². The highest BCUT2D eigenvalue weighted by Crippen LogP contribution is 2.41. The summed E-state index contributed by atoms with van der Waals surface area (Å²) in [5.41, 5.74) is 2.35. The van der Waals surface area contributed by atoms with Gasteiger partial charge in [0, 0.05) is 30.6 Å². The molecule has 3 aliphatic rings. The number of fused-ring (bicyclic) bond motifs is 3. The highest BCUT2D eigenvalue weighted by Gasteiger charge is 2.46. The summed E-state index contributed by atoms with van der Waals surface area (Å²) in [6.45, 7) is 3.71. The summed E-state index contributed by atoms with van der Waals surface area (Å²) in [5.74, 6) is 2.48. The monoisotopic (exact) mass is 402 g/mol. The molecule has 7 nitrogen and oxygen atoms in total. The van der Waals surface area contributed by atoms with E-state index in [4.69, 9.17) is 9.47 Å². The summed E-state index contributed by atoms with van der Waals surface area (Å²) < 4.78 is 12.8. The molecule has 6 rings (SSSR count). The van der Waals surface area contributed by atoms with Gasteiger partial charge < -0.3 is 9.47 Å². The Balaban J connectivity index is 1.26. The van der Waals surface area contributed by atoms with Crippen LogP contribution in [0.3, 0.4) is 0 Å². The highest BCUT2D eigenvalue weighted by molar-refractivity contribution is 5.57. The zero-order valence-corrected chi connectivity index (χ0v) is 16.6. The van der Waals surface area contributed by atoms with Gasteiger partial charge in [0.05, 0.1) is 0 Å². The number of likely N-dealkylation sites (tertiary alicyclic amines) is 1. The fourth-order valence-corrected chi connectivity index (χ4v) is 5.01. The van der Waals surface area contributed by atoms with Crippen molar-refractivity contribution in [3.05, 3.63) is 70.3 Å². The Hall–Kier alpha value is -3.19. The lowest BCUT2D eigenvalue weighted by atomic mass is 9.85. The van der Waals surface area contributed by atoms with Crippen LogP contribution in [-0.2, 0) is 18.5 Å². The van der Waals surface area contributed by atoms with Gasteiger partial charge in [-0.25, -0.2) is 0 Å². The fraction of sp³-hybridized carbons (Fsp3) is 0.348. The first-order valence-corrected chi connectivity index (χ1v) is 10.4. The van der Waals surface area contributed by atoms with Crippen LogP contribution in [0.15, 0.2) is 53.3 Å². The minimum absolute atomic E-state index is 0.0303. The Labute approximate surface area is 173 Å². The van der Waals surface area contributed by atoms with E-state index >= 15 is 0 Å². The molecule has 3 aliphatic heterocycles. The van der Waals surface area contributed by atoms with Crippen LogP contribution in [0.5, 0.6) is 11.5 Å². The van der Waals surface area contributed by atoms with E-state index in [1.807, 2.05) is 41.0 Å². The molecule has 0 radical (unpaired) electrons. The van der Waals surface area contributed by atoms with Crippen molar-refractivity contribution < 1.29 is 9.47 Å². The predicted octanol–water partition coefficient (Wildman–Crippen LogP) is 2.58. The summed E-state index contributed by atoms with van der Waals surface area (Å²) in [7, 11) is 0. The van der Waals surface area contributed by atoms with E-state index in [0.29, 0.717) is 19.0 Å². The van der Waals surface area contributed by atoms with Gasteiger partial charge in [-0.15, -0.1) is 10.2 Å². The molecule has 0 bridgehead atoms. The number of hydrogen-bond acceptors (Lipinski definition) is 6. The van der Waals surface area contributed by atoms with Crippen molar-refractivity contribution in [2.24, 2.45) is 0 Å². The molecular formula is C23H22N4O3. The first-order chi connectivity index (χ1) is 14.7. The Morgan fingerprint density at radius 1 is 0.967 bits per heavy atom. The second kappa shape index (κ2) is 6.67. The van der Waals surface area contributed by atoms with Gasteiger partial charge in [-0.2, -0.15) is 0 Å². The van der Waals surface area contributed by atoms with Crippen LogP contribution >= 0.6 is 0 Å². The van der Waals surface area contributed by atoms with Crippen molar-refractivity contribution in [1.29, 1.82) is 0 Å². The van der Waals surface area contributed by atoms with Gasteiger partial charge >= 0.3 is 0 Å². The average molecular weight is 402 g/mol. The minimum Gasteiger partial charge on any atom is -0.454 e. The maximum absolute atomic E-state index is 13.1. The zero-order valence-electron chi connectivity index (χ0n) is 16.6. The summed E-state index contributed by atoms with van der Waals surface area (Å²) in [6, 6.07) is 15.7. The van der Waals surface area contributed by atoms with Crippen molar-refractivity contribution in [2.45, 2.75) is 31.3 Å². The lowest BCUT2D eigenvalue weighted by molar-refractivity contribution is 0.174. The topological polar surface area (TPSA) is 69.5 Å². The molecule has 1 unspecified atom stereocenters. The van der Waals surface area contributed by atoms with Crippen molar-refractivity contribution in [1.82, 2.24) is 19.7 Å². The molecule has 152 valence electrons. The summed E-state index contributed by atoms with van der Waals surface area (Å²) in [5, 5.41) is 8.93. The molecule has 4 heterocycles. The first kappa shape index (κ1) is 17.7. The second-order valence-electron chi connectivity index (χ2n) is 8.37. The van der Waals surface area contributed by atoms with E-state index in [1.54, 1.807) is 0 Å². The first-order valence-electron chi connectivity index (χ1n) is 10.4. The van der Waals surface area contributed by atoms with Crippen molar-refractivity contribution in [3.63, 3.8) is 0 Å². The lowest BCUT2D eigenvalue weighted by Gasteiger charge is -2.23. The number of nitrogens with zero attached hydrogens (tertiary/aromatic N) is 4. The SMILES string of the molecule is O=c1c(-c2ccccc2)nnc2n1CCC21CCN(Cc2ccc3c(c2)OCO3)C1. The summed E-state index contributed by atoms with van der Waals surface area (Å²) >= 11 is 0. The molecule has 3 aromatic rings. The molecule has 1 aromatic heterocycles. The third-order valence-electron chi connectivity index (χ3n) is 6.56. The fourth-order valence-electron chi connectivity index (χ4n) is 5.01. The number of benzene rings is 2. The zero-order chi connectivity index (χ0) is 20.1. The molecule has 0 amide bonds. The summed E-state index contributed by atoms with van der Waals surface area (Å²) in [4.78, 5) is 15.5. The highest BCUT2D eigenvalue weighted by atomic mass is 16.7. The van der Waals surface area contributed by atoms with Gasteiger partial charge in [0.1, 0.15) is 5.82 Å². The number of hydrogen-bond donors (Lipinski definition) is 0. The maximum Gasteiger partial charge on any atom is 0.280 e. The standard InChI is InChI=1S/C23H22N4O3/c28-21-20(17-4-2-1-3-5-17)24-25-22-23(9-11-27(21)22)8-10-26(14-23)13-16-6-7-18-19(12-16)30-15-29-18/h1-7,12H,8-11,13-15H2. The van der Waals surface area contributed by atoms with Gasteiger partial charge in [-0.05, 0) is 37.1 Å². The van der Waals surface area contributed by atoms with Crippen LogP contribution in [0.25, 0.3) is 11.3 Å². The Morgan fingerprint density at radius 3 is 2.70 bits per heavy atom. The van der Waals surface area contributed by atoms with Crippen LogP contribution in [0.2, 0.25) is 0 Å². The molecule has 0 saturated carbocycles. The van der Waals surface area contributed by atoms with Crippen LogP contribution < -0.4 is 15.0 Å². The van der Waals surface area contributed by atoms with Crippen molar-refractivity contribution in [2.75, 3.05) is 19.9 Å². The van der Waals surface area contributed by atoms with E-state index in [-0.39, 0.29) is 11.0 Å². The van der Waals surface area contributed by atoms with Crippen LogP contribution in [0, 0.1) is 0 Å². The van der Waals surface area contributed by atoms with Gasteiger partial charge in [0.2, 0.25) is 6.79 Å². The van der Waals surface area contributed by atoms with Crippen LogP contribution in [0.4, 0.5) is 0 Å². The summed E-state index contributed by atoms with van der Waals surface area (Å²) in [6.07, 6.45) is 1.93. The van der Waals surface area contributed by atoms with Gasteiger partial charge in [-0.1, -0.05) is 36.4 Å². The molecule has 1 spiro atoms. The van der Waals surface area contributed by atoms with Crippen molar-refractivity contribution >= 4 is 0 Å². The number of ether oxygens (including phenoxy) is 2. The van der Waals surface area contributed by atoms with Crippen molar-refractivity contribution in [3.8, 4) is 22.8 Å². The second-order valence-corrected chi connectivity index (χ2v) is 8.37. The largest absolute Gasteiger partial charge is 0.454 e. The Bertz CT molecular complexity index is 1180. The molecule has 1 atom stereocenters. The normalized spacial score (nSPS) is 22.0. The third kappa shape index (κ3) is 2.73. The molecule has 0 N–H and O–H groups in total. The van der Waals surface area contributed by atoms with E-state index in [2.05, 4.69) is 27.2 Å². The Kier molecular flexibility index (Phi) is 3.92. The minimum atomic E-state index is -0.0856. The van der Waals surface area contributed by atoms with E-state index in [9.17, 15) is 4.79 Å². The Morgan fingerprint density at radius 2 is 1.80 bits per heavy atom. The van der Waals surface area contributed by atoms with E-state index in [0.717, 1.165) is 55.4 Å². The average Bonchev–Trinajstić information content (AvgIpc) is 3.49. The number of aromatic nitrogens is 3. The van der Waals surface area contributed by atoms with Gasteiger partial charge in [0.25, 0.3) is 5.56 Å². The molecule has 30 heavy (non-hydrogen) atoms. The predicted molar refractivity (Wildman–Crippen MR) is 110 cm³/mol. The lowest BCUT2D eigenvalue weighted by Crippen LogP contribution is -2.33. The van der Waals surface area contributed by atoms with Crippen LogP contribution in [-0.4, -0.2) is 39.5 Å². The maximum atomic E-state index is 13.1. The smallest absolute Gasteiger partial charge is 0.280 e. The van der Waals surface area contributed by atoms with E-state index in [1.165, 1.54) is 5.56 Å². The van der Waals surface area contributed by atoms with Crippen LogP contribution in [0.1, 0.15) is 24.2 Å². The molecule has 1 saturated heterocycles. The molecule has 0 aliphatic carbocycles. The molecule has 1 fully saturated rings. The quantitative estimate of drug-likeness (QED) is 0.671. The molecular weight excluding hydrogens is 380 g/mol. The number of rotatable bonds is 3. The molecule has 7 heteroatoms. The molecule has 2 aromatic carbocycles. The van der Waals surface area contributed by atoms with E-state index < -0.39 is 0 Å². The van der Waals surface area contributed by atoms with Gasteiger partial charge in [-0.3, -0.25) is 14.3 Å². The third-order valence-corrected chi connectivity index (χ3v) is 6.56.